The second-order valence-corrected chi connectivity index (χ2v) is 14.5. The highest BCUT2D eigenvalue weighted by atomic mass is 16.2. The second-order valence-electron chi connectivity index (χ2n) is 14.5. The maximum Gasteiger partial charge on any atom is 0.253 e. The lowest BCUT2D eigenvalue weighted by Gasteiger charge is -2.29. The van der Waals surface area contributed by atoms with Crippen LogP contribution in [0.3, 0.4) is 0 Å². The average Bonchev–Trinajstić information content (AvgIpc) is 3.67. The predicted octanol–water partition coefficient (Wildman–Crippen LogP) is 5.31. The highest BCUT2D eigenvalue weighted by Crippen LogP contribution is 2.17. The highest BCUT2D eigenvalue weighted by Gasteiger charge is 2.22. The van der Waals surface area contributed by atoms with Crippen LogP contribution < -0.4 is 17.2 Å². The summed E-state index contributed by atoms with van der Waals surface area (Å²) in [4.78, 5) is 74.1. The molecule has 6 amide bonds. The number of nitrogens with two attached hydrogens (primary N) is 3. The summed E-state index contributed by atoms with van der Waals surface area (Å²) in [5.74, 6) is -0.464. The van der Waals surface area contributed by atoms with Gasteiger partial charge in [-0.25, -0.2) is 0 Å². The van der Waals surface area contributed by atoms with E-state index in [0.717, 1.165) is 103 Å². The fourth-order valence-corrected chi connectivity index (χ4v) is 6.77. The molecule has 0 bridgehead atoms. The number of hydrogen-bond acceptors (Lipinski definition) is 6. The quantitative estimate of drug-likeness (QED) is 0.245. The Bertz CT molecular complexity index is 1230. The third kappa shape index (κ3) is 18.5. The Morgan fingerprint density at radius 1 is 0.519 bits per heavy atom. The number of unbranched alkanes of at least 4 members (excludes halogenated alkanes) is 1. The molecule has 3 aliphatic heterocycles. The molecule has 12 nitrogen and oxygen atoms in total. The molecular formula is C40H66N6O6. The summed E-state index contributed by atoms with van der Waals surface area (Å²) >= 11 is 0. The van der Waals surface area contributed by atoms with Gasteiger partial charge in [-0.05, 0) is 94.9 Å². The molecule has 292 valence electrons. The van der Waals surface area contributed by atoms with Crippen LogP contribution in [0.4, 0.5) is 0 Å². The summed E-state index contributed by atoms with van der Waals surface area (Å²) in [6.07, 6.45) is 19.8. The monoisotopic (exact) mass is 727 g/mol. The van der Waals surface area contributed by atoms with Crippen molar-refractivity contribution < 1.29 is 28.8 Å². The van der Waals surface area contributed by atoms with Crippen LogP contribution in [-0.2, 0) is 19.2 Å². The number of amides is 6. The van der Waals surface area contributed by atoms with E-state index >= 15 is 0 Å². The van der Waals surface area contributed by atoms with E-state index in [-0.39, 0.29) is 35.5 Å². The first-order chi connectivity index (χ1) is 25.0. The van der Waals surface area contributed by atoms with Gasteiger partial charge in [0.1, 0.15) is 0 Å². The number of nitrogens with zero attached hydrogens (tertiary/aromatic N) is 3. The Kier molecular flexibility index (Phi) is 22.0. The van der Waals surface area contributed by atoms with Crippen LogP contribution >= 0.6 is 0 Å². The first-order valence-corrected chi connectivity index (χ1v) is 19.8. The Hall–Kier alpha value is -3.96. The van der Waals surface area contributed by atoms with Gasteiger partial charge in [-0.1, -0.05) is 45.4 Å². The summed E-state index contributed by atoms with van der Waals surface area (Å²) < 4.78 is 0. The van der Waals surface area contributed by atoms with Crippen molar-refractivity contribution in [3.8, 4) is 0 Å². The lowest BCUT2D eigenvalue weighted by atomic mass is 10.0. The summed E-state index contributed by atoms with van der Waals surface area (Å²) in [7, 11) is 0. The molecule has 1 aromatic carbocycles. The zero-order valence-corrected chi connectivity index (χ0v) is 31.8. The van der Waals surface area contributed by atoms with Crippen LogP contribution in [0.15, 0.2) is 24.3 Å². The molecule has 0 saturated carbocycles. The first-order valence-electron chi connectivity index (χ1n) is 19.8. The lowest BCUT2D eigenvalue weighted by Crippen LogP contribution is -2.38. The van der Waals surface area contributed by atoms with Crippen molar-refractivity contribution in [1.29, 1.82) is 0 Å². The number of hydrogen-bond donors (Lipinski definition) is 3. The molecular weight excluding hydrogens is 660 g/mol. The normalized spacial score (nSPS) is 17.3. The lowest BCUT2D eigenvalue weighted by molar-refractivity contribution is -0.136. The zero-order chi connectivity index (χ0) is 38.1. The molecule has 3 heterocycles. The molecule has 1 atom stereocenters. The maximum atomic E-state index is 12.6. The van der Waals surface area contributed by atoms with Gasteiger partial charge in [0.2, 0.25) is 29.5 Å². The van der Waals surface area contributed by atoms with Crippen LogP contribution in [0.1, 0.15) is 156 Å². The maximum absolute atomic E-state index is 12.6. The number of carbonyl (C=O) groups excluding carboxylic acids is 6. The van der Waals surface area contributed by atoms with Gasteiger partial charge in [0.15, 0.2) is 0 Å². The fourth-order valence-electron chi connectivity index (χ4n) is 6.77. The Balaban J connectivity index is 0.000000279. The molecule has 3 saturated heterocycles. The summed E-state index contributed by atoms with van der Waals surface area (Å²) in [6, 6.07) is 6.66. The highest BCUT2D eigenvalue weighted by molar-refractivity contribution is 5.97. The van der Waals surface area contributed by atoms with E-state index in [1.807, 2.05) is 21.6 Å². The Labute approximate surface area is 311 Å². The van der Waals surface area contributed by atoms with Crippen molar-refractivity contribution in [2.45, 2.75) is 135 Å². The van der Waals surface area contributed by atoms with Crippen LogP contribution in [0.25, 0.3) is 0 Å². The van der Waals surface area contributed by atoms with E-state index in [1.54, 1.807) is 24.3 Å². The third-order valence-electron chi connectivity index (χ3n) is 9.98. The van der Waals surface area contributed by atoms with Gasteiger partial charge < -0.3 is 31.9 Å². The fraction of sp³-hybridized carbons (Fsp3) is 0.700. The molecule has 0 radical (unpaired) electrons. The number of benzene rings is 1. The molecule has 1 unspecified atom stereocenters. The standard InChI is InChI=1S/C18H26N2O2.C12H22N2O2.C10H18N2O2/c19-17(21)15-9-11-16(12-10-15)18(22)20-13-7-5-3-1-2-4-6-8-14-20;1-10(6-5-7-11(13)15)12(16)14-8-3-2-4-9-14;11-9(13)5-1-2-6-10(14)12-7-3-4-8-12/h9-12H,1-8,13-14H2,(H2,19,21);10H,2-9H2,1H3,(H2,13,15);1-8H2,(H2,11,13). The van der Waals surface area contributed by atoms with E-state index in [0.29, 0.717) is 30.4 Å². The van der Waals surface area contributed by atoms with Crippen LogP contribution in [-0.4, -0.2) is 89.4 Å². The minimum absolute atomic E-state index is 0.0254. The molecule has 6 N–H and O–H groups in total. The molecule has 52 heavy (non-hydrogen) atoms. The van der Waals surface area contributed by atoms with Crippen molar-refractivity contribution >= 4 is 35.4 Å². The van der Waals surface area contributed by atoms with Crippen LogP contribution in [0.2, 0.25) is 0 Å². The van der Waals surface area contributed by atoms with E-state index in [4.69, 9.17) is 17.2 Å². The summed E-state index contributed by atoms with van der Waals surface area (Å²) in [5.41, 5.74) is 16.4. The molecule has 4 rings (SSSR count). The number of rotatable bonds is 12. The minimum atomic E-state index is -0.464. The largest absolute Gasteiger partial charge is 0.370 e. The zero-order valence-electron chi connectivity index (χ0n) is 31.8. The van der Waals surface area contributed by atoms with Crippen molar-refractivity contribution in [2.24, 2.45) is 23.1 Å². The topological polar surface area (TPSA) is 190 Å². The van der Waals surface area contributed by atoms with Gasteiger partial charge in [-0.2, -0.15) is 0 Å². The number of primary amides is 3. The van der Waals surface area contributed by atoms with Crippen LogP contribution in [0.5, 0.6) is 0 Å². The number of carbonyl (C=O) groups is 6. The molecule has 1 aromatic rings. The van der Waals surface area contributed by atoms with Gasteiger partial charge in [0.25, 0.3) is 5.91 Å². The summed E-state index contributed by atoms with van der Waals surface area (Å²) in [5, 5.41) is 0. The van der Waals surface area contributed by atoms with E-state index in [1.165, 1.54) is 44.9 Å². The molecule has 3 aliphatic rings. The van der Waals surface area contributed by atoms with Gasteiger partial charge in [0.05, 0.1) is 0 Å². The molecule has 12 heteroatoms. The number of likely N-dealkylation sites (tertiary alicyclic amines) is 2. The van der Waals surface area contributed by atoms with Crippen LogP contribution in [0, 0.1) is 5.92 Å². The van der Waals surface area contributed by atoms with Crippen molar-refractivity contribution in [3.05, 3.63) is 35.4 Å². The molecule has 0 spiro atoms. The van der Waals surface area contributed by atoms with Crippen molar-refractivity contribution in [3.63, 3.8) is 0 Å². The van der Waals surface area contributed by atoms with Gasteiger partial charge in [0, 0.05) is 75.6 Å². The Morgan fingerprint density at radius 3 is 1.40 bits per heavy atom. The SMILES string of the molecule is CC(CCCC(N)=O)C(=O)N1CCCCC1.NC(=O)CCCCC(=O)N1CCCC1.NC(=O)c1ccc(C(=O)N2CCCCCCCCCC2)cc1. The smallest absolute Gasteiger partial charge is 0.253 e. The van der Waals surface area contributed by atoms with E-state index in [2.05, 4.69) is 0 Å². The second kappa shape index (κ2) is 25.9. The third-order valence-corrected chi connectivity index (χ3v) is 9.98. The predicted molar refractivity (Wildman–Crippen MR) is 204 cm³/mol. The van der Waals surface area contributed by atoms with Gasteiger partial charge in [-0.15, -0.1) is 0 Å². The molecule has 0 aliphatic carbocycles. The van der Waals surface area contributed by atoms with Gasteiger partial charge in [-0.3, -0.25) is 28.8 Å². The first kappa shape index (κ1) is 44.2. The van der Waals surface area contributed by atoms with Crippen molar-refractivity contribution in [2.75, 3.05) is 39.3 Å². The van der Waals surface area contributed by atoms with E-state index in [9.17, 15) is 28.8 Å². The Morgan fingerprint density at radius 2 is 0.904 bits per heavy atom. The summed E-state index contributed by atoms with van der Waals surface area (Å²) in [6.45, 7) is 7.23. The van der Waals surface area contributed by atoms with Crippen molar-refractivity contribution in [1.82, 2.24) is 14.7 Å². The minimum Gasteiger partial charge on any atom is -0.370 e. The van der Waals surface area contributed by atoms with Gasteiger partial charge >= 0.3 is 0 Å². The molecule has 0 aromatic heterocycles. The number of piperidine rings is 1. The average molecular weight is 727 g/mol. The van der Waals surface area contributed by atoms with E-state index < -0.39 is 5.91 Å². The molecule has 3 fully saturated rings.